The predicted octanol–water partition coefficient (Wildman–Crippen LogP) is 1.44. The number of aromatic amines is 1. The number of carbonyl (C=O) groups is 2. The van der Waals surface area contributed by atoms with Gasteiger partial charge in [-0.05, 0) is 48.0 Å². The first kappa shape index (κ1) is 27.8. The Balaban J connectivity index is 2.51. The van der Waals surface area contributed by atoms with Crippen LogP contribution < -0.4 is 11.2 Å². The molecule has 0 aliphatic carbocycles. The fourth-order valence-electron chi connectivity index (χ4n) is 3.35. The van der Waals surface area contributed by atoms with E-state index >= 15 is 0 Å². The largest absolute Gasteiger partial charge is 0.694 e. The lowest BCUT2D eigenvalue weighted by atomic mass is 9.93. The van der Waals surface area contributed by atoms with E-state index in [1.165, 1.54) is 6.20 Å². The third-order valence-electron chi connectivity index (χ3n) is 5.21. The minimum atomic E-state index is -2.91. The summed E-state index contributed by atoms with van der Waals surface area (Å²) in [7, 11) is -2.91. The lowest BCUT2D eigenvalue weighted by Gasteiger charge is -2.36. The number of ether oxygens (including phenoxy) is 3. The van der Waals surface area contributed by atoms with Crippen LogP contribution in [0.15, 0.2) is 21.9 Å². The van der Waals surface area contributed by atoms with Gasteiger partial charge < -0.3 is 14.2 Å². The first-order valence-corrected chi connectivity index (χ1v) is 11.8. The Labute approximate surface area is 197 Å². The van der Waals surface area contributed by atoms with Gasteiger partial charge in [-0.15, -0.1) is 9.42 Å². The number of nitrogens with zero attached hydrogens (tertiary/aromatic N) is 1. The van der Waals surface area contributed by atoms with Crippen molar-refractivity contribution in [1.82, 2.24) is 9.55 Å². The van der Waals surface area contributed by atoms with E-state index in [0.29, 0.717) is 0 Å². The molecule has 1 aliphatic rings. The zero-order chi connectivity index (χ0) is 25.9. The number of hydrogen-bond donors (Lipinski definition) is 2. The molecule has 2 rings (SSSR count). The monoisotopic (exact) mass is 503 g/mol. The highest BCUT2D eigenvalue weighted by atomic mass is 31.1. The van der Waals surface area contributed by atoms with E-state index in [-0.39, 0.29) is 19.6 Å². The van der Waals surface area contributed by atoms with Gasteiger partial charge in [-0.25, -0.2) is 4.79 Å². The maximum Gasteiger partial charge on any atom is 0.694 e. The van der Waals surface area contributed by atoms with Crippen LogP contribution in [0.5, 0.6) is 0 Å². The van der Waals surface area contributed by atoms with Crippen LogP contribution in [-0.2, 0) is 38.6 Å². The molecule has 1 saturated heterocycles. The zero-order valence-corrected chi connectivity index (χ0v) is 21.0. The van der Waals surface area contributed by atoms with E-state index in [0.717, 1.165) is 10.6 Å². The zero-order valence-electron chi connectivity index (χ0n) is 20.2. The molecule has 2 heterocycles. The molecule has 190 valence electrons. The van der Waals surface area contributed by atoms with Gasteiger partial charge in [0, 0.05) is 22.7 Å². The normalized spacial score (nSPS) is 23.4. The number of rotatable bonds is 8. The van der Waals surface area contributed by atoms with Crippen molar-refractivity contribution < 1.29 is 37.8 Å². The minimum absolute atomic E-state index is 0.138. The molecule has 1 aromatic heterocycles. The van der Waals surface area contributed by atoms with Crippen LogP contribution in [0.4, 0.5) is 0 Å². The number of nitrogens with one attached hydrogen (secondary N) is 1. The fraction of sp³-hybridized carbons (Fsp3) is 0.714. The van der Waals surface area contributed by atoms with Crippen molar-refractivity contribution in [3.8, 4) is 0 Å². The second-order valence-corrected chi connectivity index (χ2v) is 10.9. The molecule has 0 saturated carbocycles. The Morgan fingerprint density at radius 1 is 1.15 bits per heavy atom. The quantitative estimate of drug-likeness (QED) is 0.392. The van der Waals surface area contributed by atoms with Crippen LogP contribution >= 0.6 is 8.25 Å². The maximum absolute atomic E-state index is 12.8. The molecule has 2 N–H and O–H groups in total. The fourth-order valence-corrected chi connectivity index (χ4v) is 3.64. The van der Waals surface area contributed by atoms with E-state index in [4.69, 9.17) is 23.6 Å². The summed E-state index contributed by atoms with van der Waals surface area (Å²) in [5.74, 6) is -1.81. The summed E-state index contributed by atoms with van der Waals surface area (Å²) in [5, 5.41) is 0. The van der Waals surface area contributed by atoms with Gasteiger partial charge in [0.25, 0.3) is 5.56 Å². The lowest BCUT2D eigenvalue weighted by Crippen LogP contribution is -2.52. The van der Waals surface area contributed by atoms with Gasteiger partial charge in [0.05, 0.1) is 23.5 Å². The number of hydrogen-bond acceptors (Lipinski definition) is 9. The van der Waals surface area contributed by atoms with E-state index < -0.39 is 66.6 Å². The van der Waals surface area contributed by atoms with Crippen molar-refractivity contribution in [1.29, 1.82) is 0 Å². The van der Waals surface area contributed by atoms with E-state index in [2.05, 4.69) is 4.98 Å². The SMILES string of the molecule is CC(C)(C)C(=O)OCC1CC(CO[P+](=O)O)OC1(COC(=O)C(C)(C)C)n1ccc(=O)[nH]c1=O. The van der Waals surface area contributed by atoms with Gasteiger partial charge in [-0.3, -0.25) is 23.9 Å². The molecule has 0 radical (unpaired) electrons. The number of H-pyrrole nitrogens is 1. The molecular formula is C21H32N2O10P+. The first-order chi connectivity index (χ1) is 15.6. The van der Waals surface area contributed by atoms with Crippen LogP contribution in [0.3, 0.4) is 0 Å². The van der Waals surface area contributed by atoms with Crippen molar-refractivity contribution in [2.75, 3.05) is 19.8 Å². The van der Waals surface area contributed by atoms with Crippen molar-refractivity contribution in [3.05, 3.63) is 33.1 Å². The van der Waals surface area contributed by atoms with Crippen molar-refractivity contribution >= 4 is 20.2 Å². The van der Waals surface area contributed by atoms with Crippen molar-refractivity contribution in [3.63, 3.8) is 0 Å². The molecule has 0 bridgehead atoms. The Morgan fingerprint density at radius 2 is 1.74 bits per heavy atom. The summed E-state index contributed by atoms with van der Waals surface area (Å²) in [4.78, 5) is 60.5. The summed E-state index contributed by atoms with van der Waals surface area (Å²) in [6.45, 7) is 9.04. The highest BCUT2D eigenvalue weighted by Crippen LogP contribution is 2.41. The van der Waals surface area contributed by atoms with Gasteiger partial charge in [-0.1, -0.05) is 0 Å². The van der Waals surface area contributed by atoms with Crippen molar-refractivity contribution in [2.24, 2.45) is 16.7 Å². The smallest absolute Gasteiger partial charge is 0.465 e. The second kappa shape index (κ2) is 10.5. The molecule has 4 unspecified atom stereocenters. The molecule has 13 heteroatoms. The summed E-state index contributed by atoms with van der Waals surface area (Å²) < 4.78 is 34.0. The van der Waals surface area contributed by atoms with Gasteiger partial charge >= 0.3 is 25.9 Å². The number of carbonyl (C=O) groups excluding carboxylic acids is 2. The third kappa shape index (κ3) is 6.82. The molecule has 0 aromatic carbocycles. The van der Waals surface area contributed by atoms with Crippen LogP contribution in [-0.4, -0.2) is 52.3 Å². The van der Waals surface area contributed by atoms with Crippen molar-refractivity contribution in [2.45, 2.75) is 59.8 Å². The van der Waals surface area contributed by atoms with Crippen LogP contribution in [0.1, 0.15) is 48.0 Å². The van der Waals surface area contributed by atoms with Gasteiger partial charge in [0.2, 0.25) is 0 Å². The maximum atomic E-state index is 12.8. The molecule has 0 spiro atoms. The van der Waals surface area contributed by atoms with Crippen LogP contribution in [0, 0.1) is 16.7 Å². The predicted molar refractivity (Wildman–Crippen MR) is 119 cm³/mol. The van der Waals surface area contributed by atoms with E-state index in [1.807, 2.05) is 0 Å². The molecule has 0 amide bonds. The standard InChI is InChI=1S/C21H31N2O10P/c1-19(2,3)16(25)30-10-13-9-14(11-32-34(28)29)33-21(13,12-31-17(26)20(4,5)6)23-8-7-15(24)22-18(23)27/h7-8,13-14H,9-12H2,1-6H3,(H-,22,24,27,28,29)/p+1. The highest BCUT2D eigenvalue weighted by molar-refractivity contribution is 7.32. The van der Waals surface area contributed by atoms with Crippen LogP contribution in [0.2, 0.25) is 0 Å². The molecule has 1 aliphatic heterocycles. The second-order valence-electron chi connectivity index (χ2n) is 10.2. The van der Waals surface area contributed by atoms with Gasteiger partial charge in [0.1, 0.15) is 13.2 Å². The lowest BCUT2D eigenvalue weighted by molar-refractivity contribution is -0.193. The third-order valence-corrected chi connectivity index (χ3v) is 5.58. The molecular weight excluding hydrogens is 471 g/mol. The molecule has 12 nitrogen and oxygen atoms in total. The first-order valence-electron chi connectivity index (χ1n) is 10.7. The Bertz CT molecular complexity index is 1040. The summed E-state index contributed by atoms with van der Waals surface area (Å²) in [6.07, 6.45) is 0.524. The molecule has 1 fully saturated rings. The Kier molecular flexibility index (Phi) is 8.57. The minimum Gasteiger partial charge on any atom is -0.465 e. The molecule has 34 heavy (non-hydrogen) atoms. The average Bonchev–Trinajstić information content (AvgIpc) is 3.05. The Hall–Kier alpha value is -2.40. The molecule has 4 atom stereocenters. The Morgan fingerprint density at radius 3 is 2.26 bits per heavy atom. The summed E-state index contributed by atoms with van der Waals surface area (Å²) >= 11 is 0. The molecule has 1 aromatic rings. The number of esters is 2. The van der Waals surface area contributed by atoms with E-state index in [9.17, 15) is 23.7 Å². The summed E-state index contributed by atoms with van der Waals surface area (Å²) in [5.41, 5.74) is -4.82. The van der Waals surface area contributed by atoms with Gasteiger partial charge in [-0.2, -0.15) is 0 Å². The average molecular weight is 503 g/mol. The van der Waals surface area contributed by atoms with Gasteiger partial charge in [0.15, 0.2) is 5.72 Å². The number of aromatic nitrogens is 2. The van der Waals surface area contributed by atoms with Crippen LogP contribution in [0.25, 0.3) is 0 Å². The topological polar surface area (TPSA) is 163 Å². The highest BCUT2D eigenvalue weighted by Gasteiger charge is 2.53. The summed E-state index contributed by atoms with van der Waals surface area (Å²) in [6, 6.07) is 1.10. The van der Waals surface area contributed by atoms with E-state index in [1.54, 1.807) is 41.5 Å².